The van der Waals surface area contributed by atoms with Crippen molar-refractivity contribution in [1.29, 1.82) is 0 Å². The van der Waals surface area contributed by atoms with Gasteiger partial charge < -0.3 is 4.90 Å². The fourth-order valence-corrected chi connectivity index (χ4v) is 3.95. The minimum Gasteiger partial charge on any atom is -0.357 e. The van der Waals surface area contributed by atoms with Crippen LogP contribution in [0.4, 0.5) is 5.82 Å². The lowest BCUT2D eigenvalue weighted by molar-refractivity contribution is 0.772. The molecular formula is C37H62N4. The van der Waals surface area contributed by atoms with Crippen molar-refractivity contribution >= 4 is 5.82 Å². The Morgan fingerprint density at radius 3 is 1.59 bits per heavy atom. The molecule has 41 heavy (non-hydrogen) atoms. The van der Waals surface area contributed by atoms with Crippen LogP contribution in [-0.4, -0.2) is 28.0 Å². The van der Waals surface area contributed by atoms with Gasteiger partial charge in [0.15, 0.2) is 0 Å². The first-order chi connectivity index (χ1) is 19.7. The smallest absolute Gasteiger partial charge is 0.128 e. The van der Waals surface area contributed by atoms with E-state index in [2.05, 4.69) is 112 Å². The predicted octanol–water partition coefficient (Wildman–Crippen LogP) is 10.9. The summed E-state index contributed by atoms with van der Waals surface area (Å²) in [6.07, 6.45) is 14.9. The molecule has 0 amide bonds. The van der Waals surface area contributed by atoms with Crippen LogP contribution in [0.25, 0.3) is 0 Å². The zero-order valence-electron chi connectivity index (χ0n) is 28.5. The number of rotatable bonds is 7. The zero-order chi connectivity index (χ0) is 31.0. The van der Waals surface area contributed by atoms with Gasteiger partial charge in [-0.05, 0) is 79.8 Å². The largest absolute Gasteiger partial charge is 0.357 e. The highest BCUT2D eigenvalue weighted by molar-refractivity contribution is 5.40. The van der Waals surface area contributed by atoms with Crippen LogP contribution < -0.4 is 4.90 Å². The highest BCUT2D eigenvalue weighted by atomic mass is 15.2. The Hall–Kier alpha value is -2.75. The standard InChI is InChI=1S/C12H18N2.2C9H13N.C5H12.C2H6/c1-10(2)11-5-6-12(13-9-11)14-7-3-4-8-14;1-7(2)9-5-4-8(3)10-6-9;1-3-4-9-6-5-8(2)7-10-9;1-3-5-4-2;1-2/h5-6,9-10H,3-4,7-8H2,1-2H3;4-7H,1-3H3;5-7H,3-4H2,1-2H3;3-5H2,1-2H3;1-2H3. The molecule has 0 aliphatic carbocycles. The fraction of sp³-hybridized carbons (Fsp3) is 0.595. The molecule has 1 aliphatic heterocycles. The first kappa shape index (κ1) is 38.2. The average molecular weight is 563 g/mol. The summed E-state index contributed by atoms with van der Waals surface area (Å²) in [7, 11) is 0. The number of hydrogen-bond donors (Lipinski definition) is 0. The molecule has 0 radical (unpaired) electrons. The minimum atomic E-state index is 0.579. The van der Waals surface area contributed by atoms with Gasteiger partial charge in [0.25, 0.3) is 0 Å². The monoisotopic (exact) mass is 562 g/mol. The molecule has 0 unspecified atom stereocenters. The van der Waals surface area contributed by atoms with E-state index >= 15 is 0 Å². The number of unbranched alkanes of at least 4 members (excludes halogenated alkanes) is 2. The molecule has 0 N–H and O–H groups in total. The third-order valence-electron chi connectivity index (χ3n) is 6.65. The summed E-state index contributed by atoms with van der Waals surface area (Å²) in [5.41, 5.74) is 6.16. The molecule has 4 rings (SSSR count). The molecule has 4 nitrogen and oxygen atoms in total. The van der Waals surface area contributed by atoms with Crippen molar-refractivity contribution in [2.45, 2.75) is 133 Å². The van der Waals surface area contributed by atoms with Crippen molar-refractivity contribution in [1.82, 2.24) is 15.0 Å². The SMILES string of the molecule is CC.CC(C)c1ccc(N2CCCC2)nc1.CCCCC.CCCc1ccc(C)cn1.Cc1ccc(C(C)C)cn1. The summed E-state index contributed by atoms with van der Waals surface area (Å²) in [5.74, 6) is 2.31. The molecular weight excluding hydrogens is 500 g/mol. The van der Waals surface area contributed by atoms with Gasteiger partial charge in [-0.15, -0.1) is 0 Å². The van der Waals surface area contributed by atoms with Crippen LogP contribution in [0.5, 0.6) is 0 Å². The van der Waals surface area contributed by atoms with Crippen LogP contribution in [-0.2, 0) is 6.42 Å². The van der Waals surface area contributed by atoms with E-state index in [9.17, 15) is 0 Å². The van der Waals surface area contributed by atoms with Crippen molar-refractivity contribution in [3.63, 3.8) is 0 Å². The van der Waals surface area contributed by atoms with Crippen LogP contribution in [0.1, 0.15) is 141 Å². The Kier molecular flexibility index (Phi) is 22.3. The summed E-state index contributed by atoms with van der Waals surface area (Å²) in [6, 6.07) is 12.7. The van der Waals surface area contributed by atoms with Crippen molar-refractivity contribution in [3.8, 4) is 0 Å². The van der Waals surface area contributed by atoms with Gasteiger partial charge in [-0.3, -0.25) is 9.97 Å². The van der Waals surface area contributed by atoms with E-state index in [4.69, 9.17) is 0 Å². The van der Waals surface area contributed by atoms with Crippen LogP contribution in [0.2, 0.25) is 0 Å². The third-order valence-corrected chi connectivity index (χ3v) is 6.65. The van der Waals surface area contributed by atoms with E-state index in [0.717, 1.165) is 17.9 Å². The molecule has 1 fully saturated rings. The molecule has 0 bridgehead atoms. The lowest BCUT2D eigenvalue weighted by atomic mass is 10.1. The molecule has 0 spiro atoms. The van der Waals surface area contributed by atoms with Gasteiger partial charge in [0.1, 0.15) is 5.82 Å². The third kappa shape index (κ3) is 17.6. The lowest BCUT2D eigenvalue weighted by Gasteiger charge is -2.16. The lowest BCUT2D eigenvalue weighted by Crippen LogP contribution is -2.18. The van der Waals surface area contributed by atoms with E-state index in [-0.39, 0.29) is 0 Å². The van der Waals surface area contributed by atoms with Gasteiger partial charge in [-0.2, -0.15) is 0 Å². The number of anilines is 1. The van der Waals surface area contributed by atoms with E-state index in [1.165, 1.54) is 74.0 Å². The molecule has 1 aliphatic rings. The first-order valence-electron chi connectivity index (χ1n) is 16.3. The molecule has 0 atom stereocenters. The molecule has 0 saturated carbocycles. The maximum absolute atomic E-state index is 4.51. The van der Waals surface area contributed by atoms with Crippen LogP contribution >= 0.6 is 0 Å². The van der Waals surface area contributed by atoms with Crippen molar-refractivity contribution in [3.05, 3.63) is 83.1 Å². The number of aryl methyl sites for hydroxylation is 3. The van der Waals surface area contributed by atoms with Crippen LogP contribution in [0.3, 0.4) is 0 Å². The maximum atomic E-state index is 4.51. The van der Waals surface area contributed by atoms with E-state index in [1.54, 1.807) is 0 Å². The second-order valence-corrected chi connectivity index (χ2v) is 11.1. The van der Waals surface area contributed by atoms with Gasteiger partial charge >= 0.3 is 0 Å². The average Bonchev–Trinajstić information content (AvgIpc) is 3.53. The molecule has 0 aromatic carbocycles. The van der Waals surface area contributed by atoms with Crippen LogP contribution in [0.15, 0.2) is 55.0 Å². The van der Waals surface area contributed by atoms with E-state index in [0.29, 0.717) is 11.8 Å². The van der Waals surface area contributed by atoms with Crippen molar-refractivity contribution in [2.75, 3.05) is 18.0 Å². The molecule has 3 aromatic heterocycles. The Balaban J connectivity index is 0.000000535. The Morgan fingerprint density at radius 1 is 0.659 bits per heavy atom. The van der Waals surface area contributed by atoms with Crippen molar-refractivity contribution in [2.24, 2.45) is 0 Å². The zero-order valence-corrected chi connectivity index (χ0v) is 28.5. The molecule has 4 heterocycles. The fourth-order valence-electron chi connectivity index (χ4n) is 3.95. The Morgan fingerprint density at radius 2 is 1.22 bits per heavy atom. The van der Waals surface area contributed by atoms with Crippen molar-refractivity contribution < 1.29 is 0 Å². The molecule has 1 saturated heterocycles. The summed E-state index contributed by atoms with van der Waals surface area (Å²) in [5, 5.41) is 0. The Bertz CT molecular complexity index is 969. The molecule has 3 aromatic rings. The van der Waals surface area contributed by atoms with Gasteiger partial charge in [-0.25, -0.2) is 4.98 Å². The maximum Gasteiger partial charge on any atom is 0.128 e. The number of nitrogens with zero attached hydrogens (tertiary/aromatic N) is 4. The van der Waals surface area contributed by atoms with Gasteiger partial charge in [0.2, 0.25) is 0 Å². The second-order valence-electron chi connectivity index (χ2n) is 11.1. The van der Waals surface area contributed by atoms with Gasteiger partial charge in [0.05, 0.1) is 0 Å². The first-order valence-corrected chi connectivity index (χ1v) is 16.3. The van der Waals surface area contributed by atoms with Crippen LogP contribution in [0, 0.1) is 13.8 Å². The highest BCUT2D eigenvalue weighted by Crippen LogP contribution is 2.20. The summed E-state index contributed by atoms with van der Waals surface area (Å²) in [6.45, 7) is 25.8. The predicted molar refractivity (Wildman–Crippen MR) is 182 cm³/mol. The second kappa shape index (κ2) is 23.9. The number of hydrogen-bond acceptors (Lipinski definition) is 4. The summed E-state index contributed by atoms with van der Waals surface area (Å²) < 4.78 is 0. The van der Waals surface area contributed by atoms with E-state index < -0.39 is 0 Å². The molecule has 4 heteroatoms. The molecule has 230 valence electrons. The quantitative estimate of drug-likeness (QED) is 0.287. The summed E-state index contributed by atoms with van der Waals surface area (Å²) in [4.78, 5) is 15.3. The minimum absolute atomic E-state index is 0.579. The number of aromatic nitrogens is 3. The van der Waals surface area contributed by atoms with E-state index in [1.807, 2.05) is 39.4 Å². The van der Waals surface area contributed by atoms with Gasteiger partial charge in [0, 0.05) is 43.1 Å². The Labute approximate surface area is 254 Å². The topological polar surface area (TPSA) is 41.9 Å². The normalized spacial score (nSPS) is 11.8. The summed E-state index contributed by atoms with van der Waals surface area (Å²) >= 11 is 0. The number of pyridine rings is 3. The highest BCUT2D eigenvalue weighted by Gasteiger charge is 2.13. The van der Waals surface area contributed by atoms with Gasteiger partial charge in [-0.1, -0.05) is 106 Å².